The van der Waals surface area contributed by atoms with Gasteiger partial charge in [-0.2, -0.15) is 0 Å². The Bertz CT molecular complexity index is 108. The van der Waals surface area contributed by atoms with Gasteiger partial charge in [-0.3, -0.25) is 0 Å². The molecule has 0 bridgehead atoms. The Hall–Kier alpha value is -0.200. The van der Waals surface area contributed by atoms with Crippen LogP contribution in [-0.2, 0) is 18.9 Å². The maximum Gasteiger partial charge on any atom is 0.0701 e. The molecule has 112 valence electrons. The summed E-state index contributed by atoms with van der Waals surface area (Å²) in [6, 6.07) is 0. The van der Waals surface area contributed by atoms with Crippen LogP contribution in [0.2, 0.25) is 0 Å². The SMILES string of the molecule is CCCCOCCOCC.COCCOCCO. The third kappa shape index (κ3) is 24.9. The summed E-state index contributed by atoms with van der Waals surface area (Å²) in [7, 11) is 1.61. The molecule has 0 amide bonds. The van der Waals surface area contributed by atoms with E-state index in [0.29, 0.717) is 19.8 Å². The van der Waals surface area contributed by atoms with E-state index in [-0.39, 0.29) is 6.61 Å². The van der Waals surface area contributed by atoms with Crippen molar-refractivity contribution in [2.75, 3.05) is 60.0 Å². The smallest absolute Gasteiger partial charge is 0.0701 e. The zero-order valence-electron chi connectivity index (χ0n) is 12.2. The first-order chi connectivity index (χ1) is 8.83. The van der Waals surface area contributed by atoms with E-state index in [1.54, 1.807) is 7.11 Å². The highest BCUT2D eigenvalue weighted by Gasteiger charge is 1.86. The van der Waals surface area contributed by atoms with Gasteiger partial charge in [0.15, 0.2) is 0 Å². The predicted octanol–water partition coefficient (Wildman–Crippen LogP) is 1.48. The van der Waals surface area contributed by atoms with Crippen molar-refractivity contribution in [3.8, 4) is 0 Å². The van der Waals surface area contributed by atoms with Gasteiger partial charge in [0.25, 0.3) is 0 Å². The number of hydrogen-bond donors (Lipinski definition) is 1. The van der Waals surface area contributed by atoms with E-state index in [1.165, 1.54) is 6.42 Å². The van der Waals surface area contributed by atoms with Crippen molar-refractivity contribution in [3.05, 3.63) is 0 Å². The lowest BCUT2D eigenvalue weighted by atomic mass is 10.4. The molecule has 0 spiro atoms. The molecule has 0 atom stereocenters. The molecule has 0 unspecified atom stereocenters. The summed E-state index contributed by atoms with van der Waals surface area (Å²) < 4.78 is 19.9. The molecule has 0 saturated heterocycles. The van der Waals surface area contributed by atoms with Gasteiger partial charge < -0.3 is 24.1 Å². The summed E-state index contributed by atoms with van der Waals surface area (Å²) in [4.78, 5) is 0. The first kappa shape index (κ1) is 20.1. The predicted molar refractivity (Wildman–Crippen MR) is 72.0 cm³/mol. The van der Waals surface area contributed by atoms with Crippen molar-refractivity contribution >= 4 is 0 Å². The highest BCUT2D eigenvalue weighted by atomic mass is 16.5. The van der Waals surface area contributed by atoms with Crippen molar-refractivity contribution in [1.29, 1.82) is 0 Å². The van der Waals surface area contributed by atoms with Crippen molar-refractivity contribution < 1.29 is 24.1 Å². The Morgan fingerprint density at radius 1 is 0.778 bits per heavy atom. The minimum Gasteiger partial charge on any atom is -0.394 e. The van der Waals surface area contributed by atoms with Crippen LogP contribution < -0.4 is 0 Å². The summed E-state index contributed by atoms with van der Waals surface area (Å²) in [5.74, 6) is 0. The Labute approximate surface area is 111 Å². The fourth-order valence-corrected chi connectivity index (χ4v) is 0.920. The van der Waals surface area contributed by atoms with Crippen LogP contribution in [0.15, 0.2) is 0 Å². The first-order valence-corrected chi connectivity index (χ1v) is 6.66. The number of hydrogen-bond acceptors (Lipinski definition) is 5. The maximum absolute atomic E-state index is 8.20. The molecule has 0 heterocycles. The van der Waals surface area contributed by atoms with Gasteiger partial charge in [-0.1, -0.05) is 13.3 Å². The molecule has 5 heteroatoms. The largest absolute Gasteiger partial charge is 0.394 e. The van der Waals surface area contributed by atoms with Crippen molar-refractivity contribution in [2.45, 2.75) is 26.7 Å². The highest BCUT2D eigenvalue weighted by molar-refractivity contribution is 4.32. The summed E-state index contributed by atoms with van der Waals surface area (Å²) in [5.41, 5.74) is 0. The van der Waals surface area contributed by atoms with E-state index in [9.17, 15) is 0 Å². The molecular weight excluding hydrogens is 236 g/mol. The van der Waals surface area contributed by atoms with E-state index < -0.39 is 0 Å². The number of aliphatic hydroxyl groups is 1. The van der Waals surface area contributed by atoms with Crippen LogP contribution in [0, 0.1) is 0 Å². The van der Waals surface area contributed by atoms with E-state index >= 15 is 0 Å². The Morgan fingerprint density at radius 3 is 1.94 bits per heavy atom. The van der Waals surface area contributed by atoms with E-state index in [1.807, 2.05) is 6.92 Å². The Balaban J connectivity index is 0. The molecule has 0 aliphatic heterocycles. The molecule has 0 aromatic carbocycles. The van der Waals surface area contributed by atoms with Gasteiger partial charge in [0.1, 0.15) is 0 Å². The Morgan fingerprint density at radius 2 is 1.39 bits per heavy atom. The zero-order valence-corrected chi connectivity index (χ0v) is 12.2. The molecule has 5 nitrogen and oxygen atoms in total. The fourth-order valence-electron chi connectivity index (χ4n) is 0.920. The van der Waals surface area contributed by atoms with Crippen LogP contribution in [0.3, 0.4) is 0 Å². The van der Waals surface area contributed by atoms with E-state index in [2.05, 4.69) is 11.7 Å². The first-order valence-electron chi connectivity index (χ1n) is 6.66. The molecule has 0 fully saturated rings. The maximum atomic E-state index is 8.20. The number of ether oxygens (including phenoxy) is 4. The quantitative estimate of drug-likeness (QED) is 0.542. The lowest BCUT2D eigenvalue weighted by molar-refractivity contribution is 0.0500. The molecule has 0 radical (unpaired) electrons. The third-order valence-corrected chi connectivity index (χ3v) is 1.89. The second-order valence-electron chi connectivity index (χ2n) is 3.49. The van der Waals surface area contributed by atoms with Crippen LogP contribution in [0.5, 0.6) is 0 Å². The monoisotopic (exact) mass is 266 g/mol. The van der Waals surface area contributed by atoms with Gasteiger partial charge in [0.2, 0.25) is 0 Å². The number of aliphatic hydroxyl groups excluding tert-OH is 1. The van der Waals surface area contributed by atoms with Crippen molar-refractivity contribution in [2.24, 2.45) is 0 Å². The average molecular weight is 266 g/mol. The van der Waals surface area contributed by atoms with Crippen LogP contribution in [0.4, 0.5) is 0 Å². The standard InChI is InChI=1S/C8H18O2.C5H12O3/c1-3-5-6-10-8-7-9-4-2;1-7-4-5-8-3-2-6/h3-8H2,1-2H3;6H,2-5H2,1H3. The topological polar surface area (TPSA) is 57.2 Å². The van der Waals surface area contributed by atoms with Crippen LogP contribution in [0.1, 0.15) is 26.7 Å². The zero-order chi connectivity index (χ0) is 13.9. The van der Waals surface area contributed by atoms with Gasteiger partial charge in [-0.05, 0) is 13.3 Å². The van der Waals surface area contributed by atoms with Crippen LogP contribution in [-0.4, -0.2) is 65.1 Å². The number of unbranched alkanes of at least 4 members (excludes halogenated alkanes) is 1. The van der Waals surface area contributed by atoms with Crippen molar-refractivity contribution in [1.82, 2.24) is 0 Å². The van der Waals surface area contributed by atoms with Gasteiger partial charge >= 0.3 is 0 Å². The molecule has 0 saturated carbocycles. The second kappa shape index (κ2) is 22.0. The Kier molecular flexibility index (Phi) is 24.6. The summed E-state index contributed by atoms with van der Waals surface area (Å²) in [6.45, 7) is 8.96. The summed E-state index contributed by atoms with van der Waals surface area (Å²) in [5, 5.41) is 8.20. The summed E-state index contributed by atoms with van der Waals surface area (Å²) in [6.07, 6.45) is 2.36. The third-order valence-electron chi connectivity index (χ3n) is 1.89. The molecule has 0 aromatic heterocycles. The molecule has 0 aromatic rings. The van der Waals surface area contributed by atoms with Crippen molar-refractivity contribution in [3.63, 3.8) is 0 Å². The molecular formula is C13H30O5. The van der Waals surface area contributed by atoms with Gasteiger partial charge in [-0.25, -0.2) is 0 Å². The van der Waals surface area contributed by atoms with E-state index in [0.717, 1.165) is 32.8 Å². The minimum absolute atomic E-state index is 0.0870. The number of methoxy groups -OCH3 is 1. The number of rotatable bonds is 12. The second-order valence-corrected chi connectivity index (χ2v) is 3.49. The van der Waals surface area contributed by atoms with Gasteiger partial charge in [-0.15, -0.1) is 0 Å². The minimum atomic E-state index is 0.0870. The molecule has 0 rings (SSSR count). The van der Waals surface area contributed by atoms with Gasteiger partial charge in [0.05, 0.1) is 39.6 Å². The molecule has 1 N–H and O–H groups in total. The highest BCUT2D eigenvalue weighted by Crippen LogP contribution is 1.87. The fraction of sp³-hybridized carbons (Fsp3) is 1.00. The van der Waals surface area contributed by atoms with Crippen LogP contribution in [0.25, 0.3) is 0 Å². The lowest BCUT2D eigenvalue weighted by Crippen LogP contribution is -2.05. The molecule has 0 aliphatic carbocycles. The summed E-state index contributed by atoms with van der Waals surface area (Å²) >= 11 is 0. The molecule has 18 heavy (non-hydrogen) atoms. The van der Waals surface area contributed by atoms with E-state index in [4.69, 9.17) is 19.3 Å². The van der Waals surface area contributed by atoms with Gasteiger partial charge in [0, 0.05) is 20.3 Å². The normalized spacial score (nSPS) is 10.0. The lowest BCUT2D eigenvalue weighted by Gasteiger charge is -2.02. The molecule has 0 aliphatic rings. The average Bonchev–Trinajstić information content (AvgIpc) is 2.40. The van der Waals surface area contributed by atoms with Crippen LogP contribution >= 0.6 is 0 Å².